The topological polar surface area (TPSA) is 76.1 Å². The Balaban J connectivity index is 1.53. The van der Waals surface area contributed by atoms with E-state index in [1.54, 1.807) is 7.11 Å². The van der Waals surface area contributed by atoms with E-state index in [9.17, 15) is 4.79 Å². The average Bonchev–Trinajstić information content (AvgIpc) is 3.22. The Kier molecular flexibility index (Phi) is 5.02. The number of thioether (sulfide) groups is 1. The monoisotopic (exact) mass is 350 g/mol. The van der Waals surface area contributed by atoms with Crippen LogP contribution in [0.3, 0.4) is 0 Å². The molecule has 0 spiro atoms. The molecule has 0 aliphatic heterocycles. The van der Waals surface area contributed by atoms with Gasteiger partial charge in [-0.1, -0.05) is 29.2 Å². The van der Waals surface area contributed by atoms with E-state index in [0.717, 1.165) is 15.0 Å². The molecule has 1 fully saturated rings. The molecule has 1 aromatic heterocycles. The van der Waals surface area contributed by atoms with Crippen molar-refractivity contribution < 1.29 is 9.53 Å². The van der Waals surface area contributed by atoms with Crippen molar-refractivity contribution in [2.24, 2.45) is 0 Å². The van der Waals surface area contributed by atoms with Gasteiger partial charge in [-0.05, 0) is 37.5 Å². The van der Waals surface area contributed by atoms with Gasteiger partial charge in [0.25, 0.3) is 0 Å². The number of rotatable bonds is 7. The maximum absolute atomic E-state index is 12.1. The number of nitrogens with zero attached hydrogens (tertiary/aromatic N) is 2. The molecule has 1 aromatic carbocycles. The Morgan fingerprint density at radius 2 is 2.26 bits per heavy atom. The predicted octanol–water partition coefficient (Wildman–Crippen LogP) is 3.16. The highest BCUT2D eigenvalue weighted by atomic mass is 32.2. The molecule has 0 atom stereocenters. The first-order valence-electron chi connectivity index (χ1n) is 7.31. The van der Waals surface area contributed by atoms with Gasteiger partial charge in [0.15, 0.2) is 4.34 Å². The van der Waals surface area contributed by atoms with E-state index in [4.69, 9.17) is 4.74 Å². The van der Waals surface area contributed by atoms with Gasteiger partial charge in [-0.25, -0.2) is 0 Å². The Morgan fingerprint density at radius 1 is 1.43 bits per heavy atom. The largest absolute Gasteiger partial charge is 0.495 e. The van der Waals surface area contributed by atoms with Gasteiger partial charge in [0.2, 0.25) is 11.0 Å². The molecule has 1 amide bonds. The molecule has 0 unspecified atom stereocenters. The van der Waals surface area contributed by atoms with E-state index in [-0.39, 0.29) is 11.7 Å². The van der Waals surface area contributed by atoms with Crippen LogP contribution in [0.15, 0.2) is 22.5 Å². The van der Waals surface area contributed by atoms with E-state index in [2.05, 4.69) is 20.8 Å². The zero-order valence-electron chi connectivity index (χ0n) is 13.0. The number of benzene rings is 1. The molecule has 8 heteroatoms. The lowest BCUT2D eigenvalue weighted by atomic mass is 10.2. The van der Waals surface area contributed by atoms with Crippen LogP contribution in [0.5, 0.6) is 5.75 Å². The number of hydrogen-bond acceptors (Lipinski definition) is 7. The summed E-state index contributed by atoms with van der Waals surface area (Å²) >= 11 is 2.87. The highest BCUT2D eigenvalue weighted by Crippen LogP contribution is 2.30. The van der Waals surface area contributed by atoms with Gasteiger partial charge in [-0.15, -0.1) is 10.2 Å². The Morgan fingerprint density at radius 3 is 3.00 bits per heavy atom. The number of hydrogen-bond donors (Lipinski definition) is 2. The summed E-state index contributed by atoms with van der Waals surface area (Å²) in [5, 5.41) is 15.2. The van der Waals surface area contributed by atoms with Crippen LogP contribution < -0.4 is 15.4 Å². The van der Waals surface area contributed by atoms with E-state index in [1.807, 2.05) is 25.1 Å². The lowest BCUT2D eigenvalue weighted by Crippen LogP contribution is -2.14. The third kappa shape index (κ3) is 4.59. The molecule has 23 heavy (non-hydrogen) atoms. The summed E-state index contributed by atoms with van der Waals surface area (Å²) in [5.74, 6) is 0.849. The minimum atomic E-state index is -0.0918. The van der Waals surface area contributed by atoms with Crippen molar-refractivity contribution in [2.45, 2.75) is 30.1 Å². The smallest absolute Gasteiger partial charge is 0.234 e. The van der Waals surface area contributed by atoms with E-state index >= 15 is 0 Å². The highest BCUT2D eigenvalue weighted by molar-refractivity contribution is 8.01. The number of nitrogens with one attached hydrogen (secondary N) is 2. The molecule has 3 rings (SSSR count). The molecule has 0 saturated heterocycles. The van der Waals surface area contributed by atoms with Crippen LogP contribution in [-0.4, -0.2) is 35.0 Å². The van der Waals surface area contributed by atoms with E-state index in [0.29, 0.717) is 17.5 Å². The predicted molar refractivity (Wildman–Crippen MR) is 93.6 cm³/mol. The molecule has 2 aromatic rings. The van der Waals surface area contributed by atoms with Gasteiger partial charge in [-0.2, -0.15) is 0 Å². The summed E-state index contributed by atoms with van der Waals surface area (Å²) in [6.07, 6.45) is 2.39. The summed E-state index contributed by atoms with van der Waals surface area (Å²) < 4.78 is 6.05. The maximum atomic E-state index is 12.1. The van der Waals surface area contributed by atoms with Crippen LogP contribution in [0.2, 0.25) is 0 Å². The number of carbonyl (C=O) groups excluding carboxylic acids is 1. The molecule has 6 nitrogen and oxygen atoms in total. The quantitative estimate of drug-likeness (QED) is 0.747. The summed E-state index contributed by atoms with van der Waals surface area (Å²) in [6, 6.07) is 6.24. The molecule has 122 valence electrons. The number of ether oxygens (including phenoxy) is 1. The van der Waals surface area contributed by atoms with Crippen LogP contribution in [0.4, 0.5) is 10.8 Å². The SMILES string of the molecule is COc1ccc(C)cc1NC(=O)CSc1nnc(NC2CC2)s1. The maximum Gasteiger partial charge on any atom is 0.234 e. The van der Waals surface area contributed by atoms with Gasteiger partial charge in [-0.3, -0.25) is 4.79 Å². The Labute approximate surface area is 143 Å². The Bertz CT molecular complexity index is 701. The fraction of sp³-hybridized carbons (Fsp3) is 0.400. The van der Waals surface area contributed by atoms with E-state index in [1.165, 1.54) is 35.9 Å². The lowest BCUT2D eigenvalue weighted by molar-refractivity contribution is -0.113. The second kappa shape index (κ2) is 7.18. The van der Waals surface area contributed by atoms with E-state index < -0.39 is 0 Å². The summed E-state index contributed by atoms with van der Waals surface area (Å²) in [7, 11) is 1.59. The van der Waals surface area contributed by atoms with Crippen molar-refractivity contribution >= 4 is 39.8 Å². The van der Waals surface area contributed by atoms with Crippen LogP contribution >= 0.6 is 23.1 Å². The Hall–Kier alpha value is -1.80. The zero-order chi connectivity index (χ0) is 16.2. The van der Waals surface area contributed by atoms with Crippen LogP contribution in [0.1, 0.15) is 18.4 Å². The normalized spacial score (nSPS) is 13.7. The van der Waals surface area contributed by atoms with Crippen molar-refractivity contribution in [1.82, 2.24) is 10.2 Å². The first-order valence-corrected chi connectivity index (χ1v) is 9.11. The van der Waals surface area contributed by atoms with Gasteiger partial charge < -0.3 is 15.4 Å². The molecule has 0 bridgehead atoms. The molecule has 1 aliphatic rings. The molecule has 1 saturated carbocycles. The van der Waals surface area contributed by atoms with Crippen molar-refractivity contribution in [3.8, 4) is 5.75 Å². The first-order chi connectivity index (χ1) is 11.1. The number of carbonyl (C=O) groups is 1. The summed E-state index contributed by atoms with van der Waals surface area (Å²) in [5.41, 5.74) is 1.75. The number of amides is 1. The van der Waals surface area contributed by atoms with Crippen molar-refractivity contribution in [1.29, 1.82) is 0 Å². The van der Waals surface area contributed by atoms with Gasteiger partial charge in [0.05, 0.1) is 18.6 Å². The molecule has 0 radical (unpaired) electrons. The number of aromatic nitrogens is 2. The van der Waals surface area contributed by atoms with Crippen molar-refractivity contribution in [3.63, 3.8) is 0 Å². The van der Waals surface area contributed by atoms with Crippen LogP contribution in [-0.2, 0) is 4.79 Å². The molecule has 1 aliphatic carbocycles. The van der Waals surface area contributed by atoms with Gasteiger partial charge >= 0.3 is 0 Å². The minimum Gasteiger partial charge on any atom is -0.495 e. The summed E-state index contributed by atoms with van der Waals surface area (Å²) in [6.45, 7) is 1.97. The number of aryl methyl sites for hydroxylation is 1. The van der Waals surface area contributed by atoms with Crippen LogP contribution in [0, 0.1) is 6.92 Å². The fourth-order valence-electron chi connectivity index (χ4n) is 1.96. The second-order valence-corrected chi connectivity index (χ2v) is 7.53. The first kappa shape index (κ1) is 16.1. The van der Waals surface area contributed by atoms with Crippen LogP contribution in [0.25, 0.3) is 0 Å². The van der Waals surface area contributed by atoms with Crippen molar-refractivity contribution in [3.05, 3.63) is 23.8 Å². The standard InChI is InChI=1S/C15H18N4O2S2/c1-9-3-6-12(21-2)11(7-9)17-13(20)8-22-15-19-18-14(23-15)16-10-4-5-10/h3,6-7,10H,4-5,8H2,1-2H3,(H,16,18)(H,17,20). The zero-order valence-corrected chi connectivity index (χ0v) is 14.6. The summed E-state index contributed by atoms with van der Waals surface area (Å²) in [4.78, 5) is 12.1. The fourth-order valence-corrected chi connectivity index (χ4v) is 3.59. The molecular weight excluding hydrogens is 332 g/mol. The average molecular weight is 350 g/mol. The highest BCUT2D eigenvalue weighted by Gasteiger charge is 2.22. The van der Waals surface area contributed by atoms with Gasteiger partial charge in [0, 0.05) is 6.04 Å². The molecule has 1 heterocycles. The third-order valence-electron chi connectivity index (χ3n) is 3.27. The third-order valence-corrected chi connectivity index (χ3v) is 5.26. The van der Waals surface area contributed by atoms with Crippen molar-refractivity contribution in [2.75, 3.05) is 23.5 Å². The second-order valence-electron chi connectivity index (χ2n) is 5.33. The minimum absolute atomic E-state index is 0.0918. The molecule has 2 N–H and O–H groups in total. The number of methoxy groups -OCH3 is 1. The molecular formula is C15H18N4O2S2. The lowest BCUT2D eigenvalue weighted by Gasteiger charge is -2.10. The number of anilines is 2. The van der Waals surface area contributed by atoms with Gasteiger partial charge in [0.1, 0.15) is 5.75 Å².